The first-order valence-corrected chi connectivity index (χ1v) is 7.30. The summed E-state index contributed by atoms with van der Waals surface area (Å²) in [6.45, 7) is 4.56. The molecule has 3 rings (SSSR count). The summed E-state index contributed by atoms with van der Waals surface area (Å²) in [5, 5.41) is 13.5. The summed E-state index contributed by atoms with van der Waals surface area (Å²) in [7, 11) is 0. The Morgan fingerprint density at radius 3 is 2.47 bits per heavy atom. The quantitative estimate of drug-likeness (QED) is 0.795. The lowest BCUT2D eigenvalue weighted by molar-refractivity contribution is -0.0335. The van der Waals surface area contributed by atoms with Crippen LogP contribution in [0, 0.1) is 11.8 Å². The molecular weight excluding hydrogens is 232 g/mol. The molecule has 100 valence electrons. The van der Waals surface area contributed by atoms with Crippen molar-refractivity contribution >= 4 is 10.8 Å². The highest BCUT2D eigenvalue weighted by Crippen LogP contribution is 2.42. The van der Waals surface area contributed by atoms with Crippen molar-refractivity contribution in [1.82, 2.24) is 0 Å². The van der Waals surface area contributed by atoms with E-state index in [4.69, 9.17) is 0 Å². The Labute approximate surface area is 115 Å². The van der Waals surface area contributed by atoms with Gasteiger partial charge in [0, 0.05) is 0 Å². The highest BCUT2D eigenvalue weighted by Gasteiger charge is 2.37. The molecule has 0 bridgehead atoms. The predicted molar refractivity (Wildman–Crippen MR) is 80.0 cm³/mol. The molecule has 1 N–H and O–H groups in total. The Hall–Kier alpha value is -1.34. The smallest absolute Gasteiger partial charge is 0.0899 e. The van der Waals surface area contributed by atoms with Crippen molar-refractivity contribution in [3.63, 3.8) is 0 Å². The number of aliphatic hydroxyl groups is 1. The Balaban J connectivity index is 1.99. The summed E-state index contributed by atoms with van der Waals surface area (Å²) in [5.74, 6) is 1.31. The average molecular weight is 254 g/mol. The van der Waals surface area contributed by atoms with Crippen molar-refractivity contribution < 1.29 is 5.11 Å². The largest absolute Gasteiger partial charge is 0.385 e. The molecule has 0 spiro atoms. The minimum Gasteiger partial charge on any atom is -0.385 e. The third-order valence-corrected chi connectivity index (χ3v) is 4.93. The second-order valence-electron chi connectivity index (χ2n) is 6.29. The van der Waals surface area contributed by atoms with E-state index in [1.807, 2.05) is 0 Å². The molecular formula is C18H22O. The zero-order valence-corrected chi connectivity index (χ0v) is 11.8. The van der Waals surface area contributed by atoms with E-state index in [-0.39, 0.29) is 0 Å². The fraction of sp³-hybridized carbons (Fsp3) is 0.444. The first-order chi connectivity index (χ1) is 9.08. The van der Waals surface area contributed by atoms with Gasteiger partial charge in [0.2, 0.25) is 0 Å². The summed E-state index contributed by atoms with van der Waals surface area (Å²) >= 11 is 0. The van der Waals surface area contributed by atoms with Crippen molar-refractivity contribution in [2.24, 2.45) is 11.8 Å². The molecule has 3 unspecified atom stereocenters. The fourth-order valence-corrected chi connectivity index (χ4v) is 3.33. The van der Waals surface area contributed by atoms with Crippen molar-refractivity contribution in [3.05, 3.63) is 48.0 Å². The maximum absolute atomic E-state index is 11.0. The van der Waals surface area contributed by atoms with Crippen LogP contribution in [0.15, 0.2) is 42.5 Å². The average Bonchev–Trinajstić information content (AvgIpc) is 2.43. The minimum atomic E-state index is -0.629. The van der Waals surface area contributed by atoms with Gasteiger partial charge in [0.15, 0.2) is 0 Å². The number of rotatable bonds is 1. The van der Waals surface area contributed by atoms with E-state index in [0.717, 1.165) is 30.7 Å². The molecule has 0 amide bonds. The molecule has 1 fully saturated rings. The van der Waals surface area contributed by atoms with Crippen molar-refractivity contribution in [2.45, 2.75) is 38.7 Å². The molecule has 0 aromatic heterocycles. The molecule has 1 aliphatic carbocycles. The summed E-state index contributed by atoms with van der Waals surface area (Å²) in [5.41, 5.74) is 0.459. The van der Waals surface area contributed by atoms with Crippen molar-refractivity contribution in [2.75, 3.05) is 0 Å². The van der Waals surface area contributed by atoms with Crippen LogP contribution in [-0.2, 0) is 5.60 Å². The van der Waals surface area contributed by atoms with Gasteiger partial charge >= 0.3 is 0 Å². The third-order valence-electron chi connectivity index (χ3n) is 4.93. The minimum absolute atomic E-state index is 0.588. The van der Waals surface area contributed by atoms with Gasteiger partial charge in [0.05, 0.1) is 5.60 Å². The van der Waals surface area contributed by atoms with Crippen molar-refractivity contribution in [3.8, 4) is 0 Å². The van der Waals surface area contributed by atoms with Gasteiger partial charge in [-0.25, -0.2) is 0 Å². The molecule has 2 aromatic carbocycles. The van der Waals surface area contributed by atoms with Crippen LogP contribution in [0.5, 0.6) is 0 Å². The van der Waals surface area contributed by atoms with Crippen LogP contribution in [0.25, 0.3) is 10.8 Å². The molecule has 1 aliphatic rings. The lowest BCUT2D eigenvalue weighted by Gasteiger charge is -2.39. The Bertz CT molecular complexity index is 589. The maximum Gasteiger partial charge on any atom is 0.0899 e. The van der Waals surface area contributed by atoms with Crippen LogP contribution >= 0.6 is 0 Å². The molecule has 0 heterocycles. The van der Waals surface area contributed by atoms with E-state index < -0.39 is 5.60 Å². The molecule has 1 heteroatoms. The van der Waals surface area contributed by atoms with Gasteiger partial charge in [0.25, 0.3) is 0 Å². The van der Waals surface area contributed by atoms with Gasteiger partial charge in [-0.3, -0.25) is 0 Å². The molecule has 19 heavy (non-hydrogen) atoms. The summed E-state index contributed by atoms with van der Waals surface area (Å²) in [6, 6.07) is 14.8. The van der Waals surface area contributed by atoms with Gasteiger partial charge in [-0.15, -0.1) is 0 Å². The second-order valence-corrected chi connectivity index (χ2v) is 6.29. The van der Waals surface area contributed by atoms with Crippen LogP contribution in [0.1, 0.15) is 38.7 Å². The third kappa shape index (κ3) is 2.28. The lowest BCUT2D eigenvalue weighted by atomic mass is 9.70. The molecule has 0 radical (unpaired) electrons. The van der Waals surface area contributed by atoms with E-state index in [2.05, 4.69) is 56.3 Å². The highest BCUT2D eigenvalue weighted by atomic mass is 16.3. The molecule has 2 aromatic rings. The first kappa shape index (κ1) is 12.7. The fourth-order valence-electron chi connectivity index (χ4n) is 3.33. The molecule has 1 saturated carbocycles. The van der Waals surface area contributed by atoms with E-state index in [0.29, 0.717) is 5.92 Å². The zero-order chi connectivity index (χ0) is 13.5. The summed E-state index contributed by atoms with van der Waals surface area (Å²) in [6.07, 6.45) is 2.88. The number of fused-ring (bicyclic) bond motifs is 1. The van der Waals surface area contributed by atoms with Gasteiger partial charge in [0.1, 0.15) is 0 Å². The molecule has 3 atom stereocenters. The Morgan fingerprint density at radius 2 is 1.74 bits per heavy atom. The van der Waals surface area contributed by atoms with Gasteiger partial charge in [-0.05, 0) is 53.5 Å². The van der Waals surface area contributed by atoms with Crippen LogP contribution < -0.4 is 0 Å². The van der Waals surface area contributed by atoms with Gasteiger partial charge < -0.3 is 5.11 Å². The standard InChI is InChI=1S/C18H22O/c1-13-9-10-18(19,12-14(13)2)17-8-7-15-5-3-4-6-16(15)11-17/h3-8,11,13-14,19H,9-10,12H2,1-2H3. The van der Waals surface area contributed by atoms with E-state index >= 15 is 0 Å². The Morgan fingerprint density at radius 1 is 1.00 bits per heavy atom. The topological polar surface area (TPSA) is 20.2 Å². The zero-order valence-electron chi connectivity index (χ0n) is 11.8. The van der Waals surface area contributed by atoms with Crippen LogP contribution in [0.4, 0.5) is 0 Å². The predicted octanol–water partition coefficient (Wildman–Crippen LogP) is 4.48. The maximum atomic E-state index is 11.0. The van der Waals surface area contributed by atoms with E-state index in [1.165, 1.54) is 10.8 Å². The number of benzene rings is 2. The highest BCUT2D eigenvalue weighted by molar-refractivity contribution is 5.83. The molecule has 1 nitrogen and oxygen atoms in total. The van der Waals surface area contributed by atoms with Crippen LogP contribution in [-0.4, -0.2) is 5.11 Å². The Kier molecular flexibility index (Phi) is 3.10. The number of hydrogen-bond donors (Lipinski definition) is 1. The molecule has 0 aliphatic heterocycles. The van der Waals surface area contributed by atoms with E-state index in [9.17, 15) is 5.11 Å². The van der Waals surface area contributed by atoms with Crippen molar-refractivity contribution in [1.29, 1.82) is 0 Å². The lowest BCUT2D eigenvalue weighted by Crippen LogP contribution is -2.35. The first-order valence-electron chi connectivity index (χ1n) is 7.30. The summed E-state index contributed by atoms with van der Waals surface area (Å²) in [4.78, 5) is 0. The van der Waals surface area contributed by atoms with Crippen LogP contribution in [0.3, 0.4) is 0 Å². The normalized spacial score (nSPS) is 31.5. The monoisotopic (exact) mass is 254 g/mol. The summed E-state index contributed by atoms with van der Waals surface area (Å²) < 4.78 is 0. The molecule has 0 saturated heterocycles. The number of hydrogen-bond acceptors (Lipinski definition) is 1. The van der Waals surface area contributed by atoms with Crippen LogP contribution in [0.2, 0.25) is 0 Å². The van der Waals surface area contributed by atoms with Gasteiger partial charge in [-0.1, -0.05) is 50.2 Å². The SMILES string of the molecule is CC1CCC(O)(c2ccc3ccccc3c2)CC1C. The van der Waals surface area contributed by atoms with Gasteiger partial charge in [-0.2, -0.15) is 0 Å². The second kappa shape index (κ2) is 4.64. The van der Waals surface area contributed by atoms with E-state index in [1.54, 1.807) is 0 Å².